The van der Waals surface area contributed by atoms with Crippen LogP contribution < -0.4 is 10.1 Å². The molecule has 108 valence electrons. The van der Waals surface area contributed by atoms with Crippen molar-refractivity contribution in [3.63, 3.8) is 0 Å². The number of phenols is 1. The molecule has 0 saturated carbocycles. The van der Waals surface area contributed by atoms with Crippen molar-refractivity contribution in [1.29, 1.82) is 0 Å². The van der Waals surface area contributed by atoms with E-state index >= 15 is 0 Å². The number of thioether (sulfide) groups is 1. The predicted molar refractivity (Wildman–Crippen MR) is 83.2 cm³/mol. The maximum absolute atomic E-state index is 9.56. The van der Waals surface area contributed by atoms with Crippen LogP contribution in [-0.4, -0.2) is 29.8 Å². The summed E-state index contributed by atoms with van der Waals surface area (Å²) in [5, 5.41) is 13.1. The molecule has 0 aromatic heterocycles. The monoisotopic (exact) mass is 283 g/mol. The lowest BCUT2D eigenvalue weighted by molar-refractivity contribution is 0.372. The number of aromatic hydroxyl groups is 1. The first kappa shape index (κ1) is 16.2. The lowest BCUT2D eigenvalue weighted by atomic mass is 10.0. The standard InChI is InChI=1S/C15H25NO2S/c1-5-15(6-2,19-4)11-16-10-12-7-8-13(17)14(9-12)18-3/h7-9,16-17H,5-6,10-11H2,1-4H3. The molecule has 0 spiro atoms. The lowest BCUT2D eigenvalue weighted by Gasteiger charge is -2.30. The quantitative estimate of drug-likeness (QED) is 0.767. The smallest absolute Gasteiger partial charge is 0.160 e. The number of phenolic OH excluding ortho intramolecular Hbond substituents is 1. The van der Waals surface area contributed by atoms with Crippen molar-refractivity contribution >= 4 is 11.8 Å². The van der Waals surface area contributed by atoms with Crippen LogP contribution >= 0.6 is 11.8 Å². The first-order chi connectivity index (χ1) is 9.10. The predicted octanol–water partition coefficient (Wildman–Crippen LogP) is 3.41. The van der Waals surface area contributed by atoms with E-state index in [-0.39, 0.29) is 5.75 Å². The molecule has 0 aliphatic rings. The number of hydrogen-bond donors (Lipinski definition) is 2. The molecular formula is C15H25NO2S. The number of benzene rings is 1. The van der Waals surface area contributed by atoms with E-state index in [2.05, 4.69) is 25.4 Å². The Kier molecular flexibility index (Phi) is 6.52. The molecule has 0 bridgehead atoms. The maximum Gasteiger partial charge on any atom is 0.160 e. The summed E-state index contributed by atoms with van der Waals surface area (Å²) in [6.07, 6.45) is 4.51. The molecule has 19 heavy (non-hydrogen) atoms. The molecule has 0 unspecified atom stereocenters. The molecule has 0 aliphatic heterocycles. The van der Waals surface area contributed by atoms with Crippen LogP contribution in [-0.2, 0) is 6.54 Å². The molecule has 3 nitrogen and oxygen atoms in total. The van der Waals surface area contributed by atoms with E-state index in [0.29, 0.717) is 10.5 Å². The van der Waals surface area contributed by atoms with Gasteiger partial charge in [-0.05, 0) is 36.8 Å². The molecule has 2 N–H and O–H groups in total. The molecular weight excluding hydrogens is 258 g/mol. The van der Waals surface area contributed by atoms with Crippen LogP contribution in [0.4, 0.5) is 0 Å². The van der Waals surface area contributed by atoms with Crippen LogP contribution in [0.15, 0.2) is 18.2 Å². The molecule has 4 heteroatoms. The fourth-order valence-corrected chi connectivity index (χ4v) is 2.95. The molecule has 1 rings (SSSR count). The Bertz CT molecular complexity index is 383. The Balaban J connectivity index is 2.57. The third-order valence-corrected chi connectivity index (χ3v) is 5.33. The second-order valence-electron chi connectivity index (χ2n) is 4.70. The van der Waals surface area contributed by atoms with Crippen molar-refractivity contribution in [1.82, 2.24) is 5.32 Å². The summed E-state index contributed by atoms with van der Waals surface area (Å²) in [4.78, 5) is 0. The van der Waals surface area contributed by atoms with Crippen LogP contribution in [0, 0.1) is 0 Å². The Labute approximate surface area is 120 Å². The fraction of sp³-hybridized carbons (Fsp3) is 0.600. The summed E-state index contributed by atoms with van der Waals surface area (Å²) in [6, 6.07) is 5.47. The van der Waals surface area contributed by atoms with Crippen LogP contribution in [0.3, 0.4) is 0 Å². The molecule has 0 amide bonds. The highest BCUT2D eigenvalue weighted by atomic mass is 32.2. The van der Waals surface area contributed by atoms with Gasteiger partial charge in [-0.25, -0.2) is 0 Å². The van der Waals surface area contributed by atoms with Crippen LogP contribution in [0.2, 0.25) is 0 Å². The second-order valence-corrected chi connectivity index (χ2v) is 5.98. The SMILES string of the molecule is CCC(CC)(CNCc1ccc(O)c(OC)c1)SC. The fourth-order valence-electron chi connectivity index (χ4n) is 2.13. The first-order valence-electron chi connectivity index (χ1n) is 6.72. The molecule has 0 heterocycles. The highest BCUT2D eigenvalue weighted by molar-refractivity contribution is 8.00. The minimum absolute atomic E-state index is 0.187. The third kappa shape index (κ3) is 4.32. The molecule has 0 radical (unpaired) electrons. The van der Waals surface area contributed by atoms with Gasteiger partial charge in [0.05, 0.1) is 7.11 Å². The van der Waals surface area contributed by atoms with Crippen molar-refractivity contribution in [3.05, 3.63) is 23.8 Å². The number of nitrogens with one attached hydrogen (secondary N) is 1. The normalized spacial score (nSPS) is 11.6. The highest BCUT2D eigenvalue weighted by Crippen LogP contribution is 2.30. The van der Waals surface area contributed by atoms with E-state index < -0.39 is 0 Å². The van der Waals surface area contributed by atoms with Gasteiger partial charge in [0.15, 0.2) is 11.5 Å². The van der Waals surface area contributed by atoms with E-state index in [4.69, 9.17) is 4.74 Å². The minimum atomic E-state index is 0.187. The number of ether oxygens (including phenoxy) is 1. The minimum Gasteiger partial charge on any atom is -0.504 e. The molecule has 0 aliphatic carbocycles. The number of hydrogen-bond acceptors (Lipinski definition) is 4. The topological polar surface area (TPSA) is 41.5 Å². The zero-order valence-corrected chi connectivity index (χ0v) is 13.1. The zero-order valence-electron chi connectivity index (χ0n) is 12.3. The summed E-state index contributed by atoms with van der Waals surface area (Å²) in [5.41, 5.74) is 1.12. The van der Waals surface area contributed by atoms with E-state index in [1.807, 2.05) is 23.9 Å². The lowest BCUT2D eigenvalue weighted by Crippen LogP contribution is -2.36. The van der Waals surface area contributed by atoms with Gasteiger partial charge in [-0.15, -0.1) is 0 Å². The Morgan fingerprint density at radius 2 is 2.00 bits per heavy atom. The van der Waals surface area contributed by atoms with E-state index in [9.17, 15) is 5.11 Å². The summed E-state index contributed by atoms with van der Waals surface area (Å²) < 4.78 is 5.43. The van der Waals surface area contributed by atoms with Crippen molar-refractivity contribution in [2.45, 2.75) is 38.0 Å². The second kappa shape index (κ2) is 7.65. The average molecular weight is 283 g/mol. The Morgan fingerprint density at radius 3 is 2.53 bits per heavy atom. The van der Waals surface area contributed by atoms with E-state index in [1.54, 1.807) is 13.2 Å². The van der Waals surface area contributed by atoms with Gasteiger partial charge in [0.25, 0.3) is 0 Å². The summed E-state index contributed by atoms with van der Waals surface area (Å²) in [6.45, 7) is 6.26. The number of methoxy groups -OCH3 is 1. The molecule has 1 aromatic rings. The van der Waals surface area contributed by atoms with E-state index in [1.165, 1.54) is 0 Å². The van der Waals surface area contributed by atoms with Crippen molar-refractivity contribution in [2.24, 2.45) is 0 Å². The van der Waals surface area contributed by atoms with Gasteiger partial charge >= 0.3 is 0 Å². The molecule has 1 aromatic carbocycles. The Morgan fingerprint density at radius 1 is 1.32 bits per heavy atom. The van der Waals surface area contributed by atoms with Crippen LogP contribution in [0.25, 0.3) is 0 Å². The first-order valence-corrected chi connectivity index (χ1v) is 7.95. The largest absolute Gasteiger partial charge is 0.504 e. The van der Waals surface area contributed by atoms with Gasteiger partial charge < -0.3 is 15.2 Å². The maximum atomic E-state index is 9.56. The van der Waals surface area contributed by atoms with Crippen molar-refractivity contribution in [2.75, 3.05) is 19.9 Å². The molecule has 0 saturated heterocycles. The van der Waals surface area contributed by atoms with Crippen LogP contribution in [0.5, 0.6) is 11.5 Å². The summed E-state index contributed by atoms with van der Waals surface area (Å²) in [5.74, 6) is 0.716. The van der Waals surface area contributed by atoms with Gasteiger partial charge in [-0.1, -0.05) is 19.9 Å². The molecule has 0 atom stereocenters. The van der Waals surface area contributed by atoms with Gasteiger partial charge in [0.2, 0.25) is 0 Å². The summed E-state index contributed by atoms with van der Waals surface area (Å²) >= 11 is 1.94. The Hall–Kier alpha value is -0.870. The summed E-state index contributed by atoms with van der Waals surface area (Å²) in [7, 11) is 1.57. The average Bonchev–Trinajstić information content (AvgIpc) is 2.46. The van der Waals surface area contributed by atoms with Crippen LogP contribution in [0.1, 0.15) is 32.3 Å². The van der Waals surface area contributed by atoms with Crippen molar-refractivity contribution in [3.8, 4) is 11.5 Å². The third-order valence-electron chi connectivity index (χ3n) is 3.74. The van der Waals surface area contributed by atoms with Gasteiger partial charge in [-0.2, -0.15) is 11.8 Å². The van der Waals surface area contributed by atoms with Crippen molar-refractivity contribution < 1.29 is 9.84 Å². The highest BCUT2D eigenvalue weighted by Gasteiger charge is 2.23. The van der Waals surface area contributed by atoms with Gasteiger partial charge in [0.1, 0.15) is 0 Å². The van der Waals surface area contributed by atoms with E-state index in [0.717, 1.165) is 31.5 Å². The van der Waals surface area contributed by atoms with Gasteiger partial charge in [0, 0.05) is 17.8 Å². The molecule has 0 fully saturated rings. The number of rotatable bonds is 8. The van der Waals surface area contributed by atoms with Gasteiger partial charge in [-0.3, -0.25) is 0 Å². The zero-order chi connectivity index (χ0) is 14.3.